The smallest absolute Gasteiger partial charge is 0.347 e. The van der Waals surface area contributed by atoms with Crippen molar-refractivity contribution in [2.75, 3.05) is 6.54 Å². The van der Waals surface area contributed by atoms with Gasteiger partial charge in [-0.25, -0.2) is 0 Å². The molecule has 0 atom stereocenters. The Morgan fingerprint density at radius 1 is 0.974 bits per heavy atom. The topological polar surface area (TPSA) is 131 Å². The minimum atomic E-state index is -0.661. The van der Waals surface area contributed by atoms with Gasteiger partial charge in [-0.15, -0.1) is 0 Å². The average Bonchev–Trinajstić information content (AvgIpc) is 3.37. The second-order valence-corrected chi connectivity index (χ2v) is 9.02. The number of nitrogens with two attached hydrogens (primary N) is 1. The van der Waals surface area contributed by atoms with Crippen LogP contribution >= 0.6 is 0 Å². The fourth-order valence-electron chi connectivity index (χ4n) is 3.99. The molecule has 3 aromatic carbocycles. The normalized spacial score (nSPS) is 10.9. The summed E-state index contributed by atoms with van der Waals surface area (Å²) in [5.74, 6) is 0.168. The van der Waals surface area contributed by atoms with E-state index in [0.717, 1.165) is 16.7 Å². The van der Waals surface area contributed by atoms with Crippen LogP contribution in [0.25, 0.3) is 11.3 Å². The van der Waals surface area contributed by atoms with E-state index in [9.17, 15) is 14.9 Å². The van der Waals surface area contributed by atoms with Gasteiger partial charge in [0.15, 0.2) is 5.78 Å². The van der Waals surface area contributed by atoms with E-state index in [1.807, 2.05) is 74.5 Å². The molecule has 0 saturated carbocycles. The number of Topliss-reactive ketones (excluding diaryl/α,β-unsaturated/α-hetero) is 1. The summed E-state index contributed by atoms with van der Waals surface area (Å²) in [5.41, 5.74) is 7.61. The number of aromatic nitrogens is 1. The summed E-state index contributed by atoms with van der Waals surface area (Å²) in [6, 6.07) is 22.7. The third kappa shape index (κ3) is 6.07. The van der Waals surface area contributed by atoms with Crippen molar-refractivity contribution in [2.24, 2.45) is 5.73 Å². The molecule has 1 aromatic heterocycles. The molecule has 0 aliphatic rings. The summed E-state index contributed by atoms with van der Waals surface area (Å²) in [5, 5.41) is 15.8. The Morgan fingerprint density at radius 2 is 1.55 bits per heavy atom. The molecule has 0 amide bonds. The van der Waals surface area contributed by atoms with Crippen LogP contribution in [0.5, 0.6) is 11.5 Å². The van der Waals surface area contributed by atoms with Crippen LogP contribution in [0.15, 0.2) is 77.3 Å². The van der Waals surface area contributed by atoms with Crippen LogP contribution in [0.1, 0.15) is 53.4 Å². The number of benzene rings is 3. The molecule has 0 saturated heterocycles. The van der Waals surface area contributed by atoms with E-state index in [1.54, 1.807) is 12.1 Å². The fraction of sp³-hybridized carbons (Fsp3) is 0.241. The van der Waals surface area contributed by atoms with E-state index in [-0.39, 0.29) is 36.9 Å². The van der Waals surface area contributed by atoms with E-state index in [0.29, 0.717) is 23.7 Å². The van der Waals surface area contributed by atoms with Gasteiger partial charge in [0, 0.05) is 12.5 Å². The van der Waals surface area contributed by atoms with Gasteiger partial charge in [0.1, 0.15) is 24.7 Å². The van der Waals surface area contributed by atoms with Crippen molar-refractivity contribution in [1.29, 1.82) is 0 Å². The van der Waals surface area contributed by atoms with Gasteiger partial charge in [0.25, 0.3) is 0 Å². The number of carbonyl (C=O) groups is 1. The first-order valence-corrected chi connectivity index (χ1v) is 12.3. The van der Waals surface area contributed by atoms with Gasteiger partial charge in [-0.3, -0.25) is 14.9 Å². The molecule has 0 spiro atoms. The van der Waals surface area contributed by atoms with Crippen molar-refractivity contribution < 1.29 is 23.7 Å². The zero-order valence-corrected chi connectivity index (χ0v) is 21.3. The lowest BCUT2D eigenvalue weighted by atomic mass is 9.97. The molecule has 0 aliphatic carbocycles. The number of carbonyl (C=O) groups excluding carboxylic acids is 1. The standard InChI is InChI=1S/C29H29N3O6/c1-19(2)22-15-23(29-28(32(34)35)27(31-38-29)24(33)13-14-30)26(37-18-21-11-7-4-8-12-21)16-25(22)36-17-20-9-5-3-6-10-20/h3-12,15-16,19H,13-14,17-18,30H2,1-2H3. The van der Waals surface area contributed by atoms with E-state index < -0.39 is 16.4 Å². The quantitative estimate of drug-likeness (QED) is 0.137. The summed E-state index contributed by atoms with van der Waals surface area (Å²) < 4.78 is 17.8. The molecule has 38 heavy (non-hydrogen) atoms. The van der Waals surface area contributed by atoms with Crippen molar-refractivity contribution >= 4 is 11.5 Å². The molecule has 9 nitrogen and oxygen atoms in total. The molecule has 0 bridgehead atoms. The number of nitro groups is 1. The molecular weight excluding hydrogens is 486 g/mol. The predicted octanol–water partition coefficient (Wildman–Crippen LogP) is 6.06. The molecular formula is C29H29N3O6. The Labute approximate surface area is 220 Å². The number of hydrogen-bond donors (Lipinski definition) is 1. The Morgan fingerprint density at radius 3 is 2.08 bits per heavy atom. The third-order valence-corrected chi connectivity index (χ3v) is 5.94. The number of rotatable bonds is 12. The van der Waals surface area contributed by atoms with Crippen molar-refractivity contribution in [2.45, 2.75) is 39.4 Å². The van der Waals surface area contributed by atoms with Crippen LogP contribution in [0.3, 0.4) is 0 Å². The largest absolute Gasteiger partial charge is 0.488 e. The lowest BCUT2D eigenvalue weighted by Gasteiger charge is -2.18. The Kier molecular flexibility index (Phi) is 8.50. The maximum Gasteiger partial charge on any atom is 0.347 e. The summed E-state index contributed by atoms with van der Waals surface area (Å²) in [6.07, 6.45) is -0.0896. The van der Waals surface area contributed by atoms with Crippen LogP contribution in [0, 0.1) is 10.1 Å². The molecule has 0 unspecified atom stereocenters. The van der Waals surface area contributed by atoms with Crippen molar-refractivity contribution in [3.8, 4) is 22.8 Å². The fourth-order valence-corrected chi connectivity index (χ4v) is 3.99. The third-order valence-electron chi connectivity index (χ3n) is 5.94. The maximum absolute atomic E-state index is 12.5. The van der Waals surface area contributed by atoms with Gasteiger partial charge < -0.3 is 19.7 Å². The zero-order valence-electron chi connectivity index (χ0n) is 21.3. The van der Waals surface area contributed by atoms with Gasteiger partial charge in [-0.2, -0.15) is 0 Å². The Balaban J connectivity index is 1.82. The highest BCUT2D eigenvalue weighted by Crippen LogP contribution is 2.44. The first kappa shape index (κ1) is 26.6. The zero-order chi connectivity index (χ0) is 27.1. The van der Waals surface area contributed by atoms with E-state index in [2.05, 4.69) is 5.16 Å². The first-order valence-electron chi connectivity index (χ1n) is 12.3. The number of nitrogens with zero attached hydrogens (tertiary/aromatic N) is 2. The highest BCUT2D eigenvalue weighted by molar-refractivity contribution is 6.00. The van der Waals surface area contributed by atoms with Gasteiger partial charge in [0.05, 0.1) is 10.5 Å². The van der Waals surface area contributed by atoms with E-state index in [4.69, 9.17) is 19.7 Å². The van der Waals surface area contributed by atoms with Gasteiger partial charge in [-0.05, 0) is 35.2 Å². The average molecular weight is 516 g/mol. The molecule has 196 valence electrons. The van der Waals surface area contributed by atoms with Crippen molar-refractivity contribution in [3.05, 3.63) is 105 Å². The lowest BCUT2D eigenvalue weighted by molar-refractivity contribution is -0.384. The monoisotopic (exact) mass is 515 g/mol. The van der Waals surface area contributed by atoms with Crippen LogP contribution in [-0.4, -0.2) is 22.4 Å². The molecule has 0 aliphatic heterocycles. The maximum atomic E-state index is 12.5. The minimum absolute atomic E-state index is 0.00279. The molecule has 2 N–H and O–H groups in total. The molecule has 1 heterocycles. The van der Waals surface area contributed by atoms with Crippen LogP contribution < -0.4 is 15.2 Å². The van der Waals surface area contributed by atoms with Crippen LogP contribution in [0.2, 0.25) is 0 Å². The van der Waals surface area contributed by atoms with Crippen LogP contribution in [-0.2, 0) is 13.2 Å². The molecule has 9 heteroatoms. The summed E-state index contributed by atoms with van der Waals surface area (Å²) >= 11 is 0. The van der Waals surface area contributed by atoms with Crippen molar-refractivity contribution in [1.82, 2.24) is 5.16 Å². The minimum Gasteiger partial charge on any atom is -0.488 e. The van der Waals surface area contributed by atoms with Crippen molar-refractivity contribution in [3.63, 3.8) is 0 Å². The summed E-state index contributed by atoms with van der Waals surface area (Å²) in [7, 11) is 0. The van der Waals surface area contributed by atoms with Gasteiger partial charge >= 0.3 is 5.69 Å². The highest BCUT2D eigenvalue weighted by atomic mass is 16.6. The lowest BCUT2D eigenvalue weighted by Crippen LogP contribution is -2.10. The predicted molar refractivity (Wildman–Crippen MR) is 142 cm³/mol. The molecule has 4 rings (SSSR count). The number of hydrogen-bond acceptors (Lipinski definition) is 8. The Hall–Kier alpha value is -4.50. The van der Waals surface area contributed by atoms with E-state index >= 15 is 0 Å². The SMILES string of the molecule is CC(C)c1cc(-c2onc(C(=O)CCN)c2[N+](=O)[O-])c(OCc2ccccc2)cc1OCc1ccccc1. The Bertz CT molecular complexity index is 1400. The first-order chi connectivity index (χ1) is 18.4. The molecule has 0 fully saturated rings. The van der Waals surface area contributed by atoms with Crippen LogP contribution in [0.4, 0.5) is 5.69 Å². The number of ether oxygens (including phenoxy) is 2. The summed E-state index contributed by atoms with van der Waals surface area (Å²) in [6.45, 7) is 4.55. The van der Waals surface area contributed by atoms with Gasteiger partial charge in [-0.1, -0.05) is 79.7 Å². The molecule has 0 radical (unpaired) electrons. The second-order valence-electron chi connectivity index (χ2n) is 9.02. The van der Waals surface area contributed by atoms with E-state index in [1.165, 1.54) is 0 Å². The summed E-state index contributed by atoms with van der Waals surface area (Å²) in [4.78, 5) is 23.9. The van der Waals surface area contributed by atoms with Gasteiger partial charge in [0.2, 0.25) is 11.5 Å². The second kappa shape index (κ2) is 12.2. The highest BCUT2D eigenvalue weighted by Gasteiger charge is 2.34. The molecule has 4 aromatic rings. The number of ketones is 1.